The molecule has 0 aromatic heterocycles. The maximum atomic E-state index is 3.38. The zero-order chi connectivity index (χ0) is 13.6. The maximum Gasteiger partial charge on any atom is 0.00988 e. The van der Waals surface area contributed by atoms with Crippen molar-refractivity contribution in [3.05, 3.63) is 0 Å². The lowest BCUT2D eigenvalue weighted by molar-refractivity contribution is 0.386. The van der Waals surface area contributed by atoms with Crippen LogP contribution in [-0.2, 0) is 0 Å². The van der Waals surface area contributed by atoms with E-state index in [-0.39, 0.29) is 11.1 Å². The van der Waals surface area contributed by atoms with Gasteiger partial charge in [0.25, 0.3) is 0 Å². The number of nitrogens with one attached hydrogen (secondary N) is 2. The van der Waals surface area contributed by atoms with E-state index in [0.717, 1.165) is 0 Å². The summed E-state index contributed by atoms with van der Waals surface area (Å²) >= 11 is 0. The molecule has 0 saturated carbocycles. The minimum absolute atomic E-state index is 0.272. The molecule has 0 aromatic carbocycles. The average Bonchev–Trinajstić information content (AvgIpc) is 1.72. The Balaban J connectivity index is 0. The summed E-state index contributed by atoms with van der Waals surface area (Å²) in [4.78, 5) is 0. The van der Waals surface area contributed by atoms with Gasteiger partial charge >= 0.3 is 0 Å². The summed E-state index contributed by atoms with van der Waals surface area (Å²) in [6.07, 6.45) is 0. The minimum Gasteiger partial charge on any atom is -0.310 e. The van der Waals surface area contributed by atoms with Gasteiger partial charge < -0.3 is 10.6 Å². The Hall–Kier alpha value is -0.0800. The number of hydrogen-bond acceptors (Lipinski definition) is 2. The molecule has 0 bridgehead atoms. The third kappa shape index (κ3) is 23.6. The molecule has 16 heavy (non-hydrogen) atoms. The van der Waals surface area contributed by atoms with Gasteiger partial charge in [-0.1, -0.05) is 27.7 Å². The molecule has 0 unspecified atom stereocenters. The lowest BCUT2D eigenvalue weighted by atomic mass is 10.1. The molecule has 0 aliphatic rings. The van der Waals surface area contributed by atoms with E-state index >= 15 is 0 Å². The highest BCUT2D eigenvalue weighted by Gasteiger charge is 2.09. The van der Waals surface area contributed by atoms with Crippen LogP contribution in [0.15, 0.2) is 0 Å². The van der Waals surface area contributed by atoms with Crippen molar-refractivity contribution >= 4 is 0 Å². The predicted molar refractivity (Wildman–Crippen MR) is 76.0 cm³/mol. The molecule has 0 fully saturated rings. The largest absolute Gasteiger partial charge is 0.310 e. The zero-order valence-electron chi connectivity index (χ0n) is 13.2. The van der Waals surface area contributed by atoms with Crippen LogP contribution >= 0.6 is 0 Å². The minimum atomic E-state index is 0.272. The van der Waals surface area contributed by atoms with Gasteiger partial charge in [0.1, 0.15) is 0 Å². The van der Waals surface area contributed by atoms with Crippen LogP contribution in [0.4, 0.5) is 0 Å². The second-order valence-electron chi connectivity index (χ2n) is 7.10. The highest BCUT2D eigenvalue weighted by atomic mass is 15.0. The normalized spacial score (nSPS) is 12.8. The highest BCUT2D eigenvalue weighted by Crippen LogP contribution is 2.00. The Bertz CT molecular complexity index is 139. The number of hydrogen-bond donors (Lipinski definition) is 2. The van der Waals surface area contributed by atoms with E-state index in [4.69, 9.17) is 0 Å². The molecule has 0 aliphatic heterocycles. The Labute approximate surface area is 104 Å². The summed E-state index contributed by atoms with van der Waals surface area (Å²) in [5.41, 5.74) is 0.544. The van der Waals surface area contributed by atoms with Crippen molar-refractivity contribution in [3.8, 4) is 0 Å². The van der Waals surface area contributed by atoms with Crippen LogP contribution in [0.1, 0.15) is 69.2 Å². The van der Waals surface area contributed by atoms with Gasteiger partial charge in [0.05, 0.1) is 0 Å². The van der Waals surface area contributed by atoms with Crippen molar-refractivity contribution in [2.24, 2.45) is 0 Å². The van der Waals surface area contributed by atoms with Crippen molar-refractivity contribution in [1.82, 2.24) is 10.6 Å². The van der Waals surface area contributed by atoms with E-state index in [2.05, 4.69) is 79.9 Å². The summed E-state index contributed by atoms with van der Waals surface area (Å²) in [6, 6.07) is 1.19. The Morgan fingerprint density at radius 1 is 0.562 bits per heavy atom. The first-order valence-corrected chi connectivity index (χ1v) is 6.39. The summed E-state index contributed by atoms with van der Waals surface area (Å²) < 4.78 is 0. The highest BCUT2D eigenvalue weighted by molar-refractivity contribution is 4.72. The molecule has 0 radical (unpaired) electrons. The molecule has 0 heterocycles. The molecule has 0 spiro atoms. The third-order valence-corrected chi connectivity index (χ3v) is 1.44. The standard InChI is InChI=1S/2C7H17N/c2*1-6(2)8-7(3,4)5/h2*6,8H,1-5H3. The maximum absolute atomic E-state index is 3.38. The Kier molecular flexibility index (Phi) is 8.33. The molecule has 0 aromatic rings. The van der Waals surface area contributed by atoms with Crippen molar-refractivity contribution in [2.45, 2.75) is 92.4 Å². The van der Waals surface area contributed by atoms with Crippen molar-refractivity contribution in [2.75, 3.05) is 0 Å². The van der Waals surface area contributed by atoms with Gasteiger partial charge in [0, 0.05) is 23.2 Å². The fourth-order valence-corrected chi connectivity index (χ4v) is 1.73. The van der Waals surface area contributed by atoms with Crippen LogP contribution in [0.5, 0.6) is 0 Å². The fraction of sp³-hybridized carbons (Fsp3) is 1.00. The zero-order valence-corrected chi connectivity index (χ0v) is 13.2. The Morgan fingerprint density at radius 3 is 0.750 bits per heavy atom. The van der Waals surface area contributed by atoms with E-state index in [1.165, 1.54) is 0 Å². The molecule has 100 valence electrons. The van der Waals surface area contributed by atoms with E-state index < -0.39 is 0 Å². The van der Waals surface area contributed by atoms with Crippen LogP contribution in [0.2, 0.25) is 0 Å². The smallest absolute Gasteiger partial charge is 0.00988 e. The first-order chi connectivity index (χ1) is 6.83. The van der Waals surface area contributed by atoms with Crippen molar-refractivity contribution < 1.29 is 0 Å². The van der Waals surface area contributed by atoms with Crippen molar-refractivity contribution in [1.29, 1.82) is 0 Å². The van der Waals surface area contributed by atoms with Gasteiger partial charge in [-0.3, -0.25) is 0 Å². The predicted octanol–water partition coefficient (Wildman–Crippen LogP) is 3.57. The van der Waals surface area contributed by atoms with Gasteiger partial charge in [-0.15, -0.1) is 0 Å². The van der Waals surface area contributed by atoms with Crippen LogP contribution in [0.25, 0.3) is 0 Å². The first kappa shape index (κ1) is 18.3. The van der Waals surface area contributed by atoms with Crippen LogP contribution in [-0.4, -0.2) is 23.2 Å². The molecule has 0 amide bonds. The number of rotatable bonds is 2. The summed E-state index contributed by atoms with van der Waals surface area (Å²) in [6.45, 7) is 21.7. The van der Waals surface area contributed by atoms with Gasteiger partial charge in [-0.2, -0.15) is 0 Å². The van der Waals surface area contributed by atoms with E-state index in [1.54, 1.807) is 0 Å². The summed E-state index contributed by atoms with van der Waals surface area (Å²) in [5, 5.41) is 6.76. The van der Waals surface area contributed by atoms with Crippen LogP contribution in [0.3, 0.4) is 0 Å². The Morgan fingerprint density at radius 2 is 0.750 bits per heavy atom. The second-order valence-corrected chi connectivity index (χ2v) is 7.10. The SMILES string of the molecule is CC(C)NC(C)(C)C.CC(C)NC(C)(C)C. The van der Waals surface area contributed by atoms with Crippen molar-refractivity contribution in [3.63, 3.8) is 0 Å². The van der Waals surface area contributed by atoms with Crippen LogP contribution in [0, 0.1) is 0 Å². The molecular weight excluding hydrogens is 196 g/mol. The molecule has 2 nitrogen and oxygen atoms in total. The molecule has 2 heteroatoms. The molecular formula is C14H34N2. The van der Waals surface area contributed by atoms with Gasteiger partial charge in [0.2, 0.25) is 0 Å². The molecule has 0 atom stereocenters. The lowest BCUT2D eigenvalue weighted by Gasteiger charge is -2.23. The molecule has 2 N–H and O–H groups in total. The average molecular weight is 230 g/mol. The molecule has 0 aliphatic carbocycles. The molecule has 0 rings (SSSR count). The summed E-state index contributed by atoms with van der Waals surface area (Å²) in [5.74, 6) is 0. The topological polar surface area (TPSA) is 24.1 Å². The van der Waals surface area contributed by atoms with Gasteiger partial charge in [0.15, 0.2) is 0 Å². The first-order valence-electron chi connectivity index (χ1n) is 6.39. The molecule has 0 saturated heterocycles. The quantitative estimate of drug-likeness (QED) is 0.758. The van der Waals surface area contributed by atoms with E-state index in [9.17, 15) is 0 Å². The monoisotopic (exact) mass is 230 g/mol. The summed E-state index contributed by atoms with van der Waals surface area (Å²) in [7, 11) is 0. The second kappa shape index (κ2) is 7.29. The fourth-order valence-electron chi connectivity index (χ4n) is 1.73. The van der Waals surface area contributed by atoms with Gasteiger partial charge in [-0.05, 0) is 41.5 Å². The van der Waals surface area contributed by atoms with E-state index in [1.807, 2.05) is 0 Å². The van der Waals surface area contributed by atoms with Gasteiger partial charge in [-0.25, -0.2) is 0 Å². The van der Waals surface area contributed by atoms with E-state index in [0.29, 0.717) is 12.1 Å². The lowest BCUT2D eigenvalue weighted by Crippen LogP contribution is -2.40. The third-order valence-electron chi connectivity index (χ3n) is 1.44. The van der Waals surface area contributed by atoms with Crippen LogP contribution < -0.4 is 10.6 Å².